The Morgan fingerprint density at radius 1 is 0.857 bits per heavy atom. The van der Waals surface area contributed by atoms with E-state index in [1.807, 2.05) is 0 Å². The quantitative estimate of drug-likeness (QED) is 0.399. The van der Waals surface area contributed by atoms with Crippen LogP contribution in [0.25, 0.3) is 0 Å². The Kier molecular flexibility index (Phi) is 4.21. The second-order valence-electron chi connectivity index (χ2n) is 5.16. The minimum Gasteiger partial charge on any atom is -0.0887 e. The zero-order valence-corrected chi connectivity index (χ0v) is 11.3. The lowest BCUT2D eigenvalue weighted by Crippen LogP contribution is -2.34. The summed E-state index contributed by atoms with van der Waals surface area (Å²) in [6, 6.07) is 0. The Morgan fingerprint density at radius 2 is 1.43 bits per heavy atom. The molecule has 0 atom stereocenters. The first-order chi connectivity index (χ1) is 6.79. The maximum atomic E-state index is 2.74. The van der Waals surface area contributed by atoms with Crippen molar-refractivity contribution in [1.82, 2.24) is 0 Å². The van der Waals surface area contributed by atoms with E-state index < -0.39 is 0 Å². The molecule has 0 unspecified atom stereocenters. The molecule has 0 amide bonds. The fourth-order valence-corrected chi connectivity index (χ4v) is 4.30. The predicted octanol–water partition coefficient (Wildman–Crippen LogP) is 4.54. The molecule has 2 aliphatic rings. The Labute approximate surface area is 103 Å². The molecule has 0 heterocycles. The van der Waals surface area contributed by atoms with E-state index in [4.69, 9.17) is 0 Å². The Bertz CT molecular complexity index is 169. The molecule has 2 aliphatic carbocycles. The molecule has 0 spiro atoms. The van der Waals surface area contributed by atoms with E-state index in [9.17, 15) is 0 Å². The number of hydrogen-bond acceptors (Lipinski definition) is 0. The summed E-state index contributed by atoms with van der Waals surface area (Å²) in [7, 11) is 2.73. The number of rotatable bonds is 2. The second-order valence-corrected chi connectivity index (χ2v) is 7.31. The van der Waals surface area contributed by atoms with Crippen LogP contribution in [0.15, 0.2) is 0 Å². The normalized spacial score (nSPS) is 28.6. The molecule has 0 aromatic carbocycles. The van der Waals surface area contributed by atoms with Gasteiger partial charge in [0.1, 0.15) is 7.28 Å². The maximum absolute atomic E-state index is 2.74. The van der Waals surface area contributed by atoms with Crippen molar-refractivity contribution in [3.05, 3.63) is 0 Å². The van der Waals surface area contributed by atoms with Crippen LogP contribution in [0.3, 0.4) is 0 Å². The fourth-order valence-electron chi connectivity index (χ4n) is 3.03. The third kappa shape index (κ3) is 3.14. The Morgan fingerprint density at radius 3 is 2.07 bits per heavy atom. The first kappa shape index (κ1) is 11.3. The van der Waals surface area contributed by atoms with Crippen LogP contribution in [-0.4, -0.2) is 10.6 Å². The molecule has 1 radical (unpaired) electrons. The Hall–Kier alpha value is 0.795. The molecule has 79 valence electrons. The largest absolute Gasteiger partial charge is 0.135 e. The van der Waals surface area contributed by atoms with Crippen molar-refractivity contribution in [2.45, 2.75) is 73.3 Å². The first-order valence-corrected chi connectivity index (χ1v) is 7.41. The van der Waals surface area contributed by atoms with Crippen molar-refractivity contribution in [3.8, 4) is 0 Å². The van der Waals surface area contributed by atoms with E-state index >= 15 is 0 Å². The highest BCUT2D eigenvalue weighted by atomic mass is 127. The monoisotopic (exact) mass is 303 g/mol. The van der Waals surface area contributed by atoms with Gasteiger partial charge in [0.05, 0.1) is 0 Å². The van der Waals surface area contributed by atoms with Gasteiger partial charge in [-0.3, -0.25) is 0 Å². The summed E-state index contributed by atoms with van der Waals surface area (Å²) in [5.74, 6) is 0.957. The number of alkyl halides is 1. The van der Waals surface area contributed by atoms with Crippen molar-refractivity contribution in [2.24, 2.45) is 0 Å². The van der Waals surface area contributed by atoms with Crippen molar-refractivity contribution in [1.29, 1.82) is 0 Å². The van der Waals surface area contributed by atoms with Crippen LogP contribution in [0.1, 0.15) is 64.2 Å². The van der Waals surface area contributed by atoms with Gasteiger partial charge in [-0.1, -0.05) is 79.8 Å². The highest BCUT2D eigenvalue weighted by Gasteiger charge is 2.32. The average molecular weight is 303 g/mol. The van der Waals surface area contributed by atoms with E-state index in [2.05, 4.69) is 29.9 Å². The van der Waals surface area contributed by atoms with Crippen LogP contribution in [0.2, 0.25) is 5.82 Å². The zero-order valence-electron chi connectivity index (χ0n) is 9.10. The van der Waals surface area contributed by atoms with Gasteiger partial charge in [0.15, 0.2) is 0 Å². The van der Waals surface area contributed by atoms with E-state index in [0.717, 1.165) is 5.82 Å². The van der Waals surface area contributed by atoms with Gasteiger partial charge in [-0.25, -0.2) is 0 Å². The van der Waals surface area contributed by atoms with E-state index in [1.54, 1.807) is 0 Å². The minimum atomic E-state index is 0.581. The lowest BCUT2D eigenvalue weighted by molar-refractivity contribution is 0.466. The van der Waals surface area contributed by atoms with Crippen molar-refractivity contribution >= 4 is 29.9 Å². The third-order valence-electron chi connectivity index (χ3n) is 3.87. The number of halogens is 1. The average Bonchev–Trinajstić information content (AvgIpc) is 2.19. The second kappa shape index (κ2) is 5.22. The molecule has 0 aromatic rings. The van der Waals surface area contributed by atoms with Gasteiger partial charge in [0.2, 0.25) is 0 Å². The van der Waals surface area contributed by atoms with Crippen LogP contribution < -0.4 is 0 Å². The van der Waals surface area contributed by atoms with E-state index in [-0.39, 0.29) is 0 Å². The molecule has 0 saturated heterocycles. The molecule has 0 bridgehead atoms. The van der Waals surface area contributed by atoms with Gasteiger partial charge in [0, 0.05) is 0 Å². The molecule has 0 aliphatic heterocycles. The fraction of sp³-hybridized carbons (Fsp3) is 1.00. The van der Waals surface area contributed by atoms with Gasteiger partial charge in [0.25, 0.3) is 0 Å². The summed E-state index contributed by atoms with van der Waals surface area (Å²) in [4.78, 5) is 0. The zero-order chi connectivity index (χ0) is 9.86. The third-order valence-corrected chi connectivity index (χ3v) is 5.31. The van der Waals surface area contributed by atoms with E-state index in [1.165, 1.54) is 64.2 Å². The van der Waals surface area contributed by atoms with Crippen LogP contribution in [0.5, 0.6) is 0 Å². The van der Waals surface area contributed by atoms with Gasteiger partial charge in [-0.2, -0.15) is 0 Å². The number of hydrogen-bond donors (Lipinski definition) is 0. The standard InChI is InChI=1S/C12H21BI/c14-12(9-5-2-6-10-12)13-11-7-3-1-4-8-11/h11H,1-10H2. The molecule has 2 rings (SSSR count). The topological polar surface area (TPSA) is 0 Å². The van der Waals surface area contributed by atoms with Crippen LogP contribution in [0, 0.1) is 0 Å². The van der Waals surface area contributed by atoms with Crippen LogP contribution >= 0.6 is 22.6 Å². The maximum Gasteiger partial charge on any atom is 0.135 e. The summed E-state index contributed by atoms with van der Waals surface area (Å²) in [5.41, 5.74) is 0. The van der Waals surface area contributed by atoms with Gasteiger partial charge < -0.3 is 0 Å². The Balaban J connectivity index is 1.81. The van der Waals surface area contributed by atoms with Gasteiger partial charge in [-0.05, 0) is 16.2 Å². The van der Waals surface area contributed by atoms with Crippen molar-refractivity contribution in [2.75, 3.05) is 0 Å². The lowest BCUT2D eigenvalue weighted by Gasteiger charge is -2.35. The highest BCUT2D eigenvalue weighted by Crippen LogP contribution is 2.40. The van der Waals surface area contributed by atoms with Crippen LogP contribution in [-0.2, 0) is 0 Å². The van der Waals surface area contributed by atoms with Gasteiger partial charge >= 0.3 is 0 Å². The minimum absolute atomic E-state index is 0.581. The molecule has 2 saturated carbocycles. The van der Waals surface area contributed by atoms with E-state index in [0.29, 0.717) is 3.32 Å². The van der Waals surface area contributed by atoms with Gasteiger partial charge in [-0.15, -0.1) is 0 Å². The smallest absolute Gasteiger partial charge is 0.0887 e. The lowest BCUT2D eigenvalue weighted by atomic mass is 9.48. The molecule has 0 N–H and O–H groups in total. The van der Waals surface area contributed by atoms with Crippen molar-refractivity contribution < 1.29 is 0 Å². The summed E-state index contributed by atoms with van der Waals surface area (Å²) < 4.78 is 0.581. The molecule has 2 fully saturated rings. The highest BCUT2D eigenvalue weighted by molar-refractivity contribution is 14.1. The first-order valence-electron chi connectivity index (χ1n) is 6.33. The summed E-state index contributed by atoms with van der Waals surface area (Å²) in [6.45, 7) is 0. The molecule has 14 heavy (non-hydrogen) atoms. The molecule has 2 heteroatoms. The predicted molar refractivity (Wildman–Crippen MR) is 72.4 cm³/mol. The molecule has 0 aromatic heterocycles. The summed E-state index contributed by atoms with van der Waals surface area (Å²) >= 11 is 2.74. The molecular weight excluding hydrogens is 282 g/mol. The van der Waals surface area contributed by atoms with Crippen molar-refractivity contribution in [3.63, 3.8) is 0 Å². The molecular formula is C12H21BI. The van der Waals surface area contributed by atoms with Crippen LogP contribution in [0.4, 0.5) is 0 Å². The summed E-state index contributed by atoms with van der Waals surface area (Å²) in [6.07, 6.45) is 14.7. The summed E-state index contributed by atoms with van der Waals surface area (Å²) in [5, 5.41) is 0. The molecule has 0 nitrogen and oxygen atoms in total. The SMILES string of the molecule is IC1([B]C2CCCCC2)CCCCC1.